The molecule has 0 amide bonds. The molecule has 104 valence electrons. The van der Waals surface area contributed by atoms with Gasteiger partial charge in [-0.05, 0) is 36.2 Å². The molecular formula is C14H12ClFN2O2. The van der Waals surface area contributed by atoms with Gasteiger partial charge in [0, 0.05) is 22.7 Å². The molecule has 1 atom stereocenters. The summed E-state index contributed by atoms with van der Waals surface area (Å²) in [4.78, 5) is 10.4. The Bertz CT molecular complexity index is 676. The first kappa shape index (κ1) is 14.4. The lowest BCUT2D eigenvalue weighted by atomic mass is 9.97. The highest BCUT2D eigenvalue weighted by Crippen LogP contribution is 2.28. The minimum Gasteiger partial charge on any atom is -0.320 e. The number of hydrogen-bond donors (Lipinski definition) is 1. The Balaban J connectivity index is 2.50. The lowest BCUT2D eigenvalue weighted by Gasteiger charge is -2.14. The van der Waals surface area contributed by atoms with Gasteiger partial charge >= 0.3 is 0 Å². The van der Waals surface area contributed by atoms with Crippen LogP contribution in [0.3, 0.4) is 0 Å². The highest BCUT2D eigenvalue weighted by Gasteiger charge is 2.17. The molecule has 6 heteroatoms. The average Bonchev–Trinajstić information content (AvgIpc) is 2.40. The van der Waals surface area contributed by atoms with E-state index in [-0.39, 0.29) is 11.3 Å². The molecule has 0 aromatic heterocycles. The molecule has 4 nitrogen and oxygen atoms in total. The fourth-order valence-electron chi connectivity index (χ4n) is 2.01. The Morgan fingerprint density at radius 3 is 2.65 bits per heavy atom. The van der Waals surface area contributed by atoms with E-state index in [1.54, 1.807) is 13.0 Å². The van der Waals surface area contributed by atoms with E-state index in [1.807, 2.05) is 0 Å². The summed E-state index contributed by atoms with van der Waals surface area (Å²) in [6.45, 7) is 1.72. The molecule has 0 saturated carbocycles. The summed E-state index contributed by atoms with van der Waals surface area (Å²) in [5, 5.41) is 11.2. The molecular weight excluding hydrogens is 283 g/mol. The van der Waals surface area contributed by atoms with Gasteiger partial charge in [-0.15, -0.1) is 0 Å². The number of rotatable bonds is 3. The Morgan fingerprint density at radius 2 is 2.00 bits per heavy atom. The lowest BCUT2D eigenvalue weighted by molar-refractivity contribution is -0.385. The highest BCUT2D eigenvalue weighted by molar-refractivity contribution is 6.30. The molecule has 0 fully saturated rings. The van der Waals surface area contributed by atoms with E-state index in [1.165, 1.54) is 30.3 Å². The molecule has 20 heavy (non-hydrogen) atoms. The van der Waals surface area contributed by atoms with Crippen LogP contribution in [0.5, 0.6) is 0 Å². The zero-order chi connectivity index (χ0) is 14.9. The molecule has 0 spiro atoms. The molecule has 0 heterocycles. The van der Waals surface area contributed by atoms with Crippen LogP contribution >= 0.6 is 11.6 Å². The van der Waals surface area contributed by atoms with Gasteiger partial charge in [0.05, 0.1) is 11.0 Å². The van der Waals surface area contributed by atoms with Crippen LogP contribution in [-0.2, 0) is 0 Å². The van der Waals surface area contributed by atoms with Crippen LogP contribution in [0.1, 0.15) is 22.7 Å². The van der Waals surface area contributed by atoms with Crippen LogP contribution in [0.2, 0.25) is 5.02 Å². The summed E-state index contributed by atoms with van der Waals surface area (Å²) in [6, 6.07) is 7.73. The standard InChI is InChI=1S/C14H12ClFN2O2/c1-8-4-9(6-11(5-8)18(19)20)14(17)12-7-10(15)2-3-13(12)16/h2-7,14H,17H2,1H3. The van der Waals surface area contributed by atoms with Crippen molar-refractivity contribution < 1.29 is 9.31 Å². The van der Waals surface area contributed by atoms with E-state index in [9.17, 15) is 14.5 Å². The van der Waals surface area contributed by atoms with Gasteiger partial charge in [0.15, 0.2) is 0 Å². The predicted molar refractivity (Wildman–Crippen MR) is 75.3 cm³/mol. The van der Waals surface area contributed by atoms with Gasteiger partial charge in [0.2, 0.25) is 0 Å². The number of nitrogens with two attached hydrogens (primary N) is 1. The third-order valence-corrected chi connectivity index (χ3v) is 3.18. The first-order chi connectivity index (χ1) is 9.38. The zero-order valence-corrected chi connectivity index (χ0v) is 11.4. The number of aryl methyl sites for hydroxylation is 1. The van der Waals surface area contributed by atoms with Crippen LogP contribution in [0.25, 0.3) is 0 Å². The first-order valence-corrected chi connectivity index (χ1v) is 6.23. The van der Waals surface area contributed by atoms with Crippen LogP contribution in [0.4, 0.5) is 10.1 Å². The fraction of sp³-hybridized carbons (Fsp3) is 0.143. The molecule has 0 aliphatic carbocycles. The lowest BCUT2D eigenvalue weighted by Crippen LogP contribution is -2.14. The second-order valence-corrected chi connectivity index (χ2v) is 4.94. The summed E-state index contributed by atoms with van der Waals surface area (Å²) < 4.78 is 13.8. The molecule has 2 aromatic rings. The van der Waals surface area contributed by atoms with Crippen molar-refractivity contribution >= 4 is 17.3 Å². The van der Waals surface area contributed by atoms with Crippen LogP contribution in [0.15, 0.2) is 36.4 Å². The summed E-state index contributed by atoms with van der Waals surface area (Å²) in [5.41, 5.74) is 7.29. The SMILES string of the molecule is Cc1cc(C(N)c2cc(Cl)ccc2F)cc([N+](=O)[O-])c1. The van der Waals surface area contributed by atoms with Gasteiger partial charge in [-0.25, -0.2) is 4.39 Å². The summed E-state index contributed by atoms with van der Waals surface area (Å²) >= 11 is 5.83. The Morgan fingerprint density at radius 1 is 1.30 bits per heavy atom. The number of hydrogen-bond acceptors (Lipinski definition) is 3. The van der Waals surface area contributed by atoms with E-state index >= 15 is 0 Å². The number of benzene rings is 2. The van der Waals surface area contributed by atoms with E-state index in [0.717, 1.165) is 0 Å². The van der Waals surface area contributed by atoms with Gasteiger partial charge in [-0.1, -0.05) is 17.7 Å². The molecule has 0 aliphatic heterocycles. The van der Waals surface area contributed by atoms with Gasteiger partial charge in [-0.3, -0.25) is 10.1 Å². The third kappa shape index (κ3) is 2.95. The van der Waals surface area contributed by atoms with Crippen LogP contribution < -0.4 is 5.73 Å². The minimum atomic E-state index is -0.813. The van der Waals surface area contributed by atoms with Crippen molar-refractivity contribution in [3.8, 4) is 0 Å². The van der Waals surface area contributed by atoms with Crippen molar-refractivity contribution in [2.45, 2.75) is 13.0 Å². The molecule has 0 radical (unpaired) electrons. The fourth-order valence-corrected chi connectivity index (χ4v) is 2.19. The van der Waals surface area contributed by atoms with Gasteiger partial charge in [0.25, 0.3) is 5.69 Å². The minimum absolute atomic E-state index is 0.0714. The van der Waals surface area contributed by atoms with Crippen molar-refractivity contribution in [3.05, 3.63) is 74.0 Å². The zero-order valence-electron chi connectivity index (χ0n) is 10.6. The number of nitro groups is 1. The Hall–Kier alpha value is -1.98. The summed E-state index contributed by atoms with van der Waals surface area (Å²) in [5.74, 6) is -0.494. The second-order valence-electron chi connectivity index (χ2n) is 4.50. The van der Waals surface area contributed by atoms with Crippen molar-refractivity contribution in [2.24, 2.45) is 5.73 Å². The summed E-state index contributed by atoms with van der Waals surface area (Å²) in [7, 11) is 0. The maximum absolute atomic E-state index is 13.8. The Kier molecular flexibility index (Phi) is 4.01. The molecule has 0 aliphatic rings. The molecule has 1 unspecified atom stereocenters. The maximum atomic E-state index is 13.8. The van der Waals surface area contributed by atoms with Crippen molar-refractivity contribution in [2.75, 3.05) is 0 Å². The van der Waals surface area contributed by atoms with E-state index in [4.69, 9.17) is 17.3 Å². The quantitative estimate of drug-likeness (QED) is 0.692. The van der Waals surface area contributed by atoms with Crippen LogP contribution in [0, 0.1) is 22.9 Å². The number of halogens is 2. The third-order valence-electron chi connectivity index (χ3n) is 2.95. The molecule has 0 saturated heterocycles. The Labute approximate surface area is 120 Å². The maximum Gasteiger partial charge on any atom is 0.270 e. The molecule has 2 rings (SSSR count). The van der Waals surface area contributed by atoms with Crippen molar-refractivity contribution in [1.82, 2.24) is 0 Å². The first-order valence-electron chi connectivity index (χ1n) is 5.85. The average molecular weight is 295 g/mol. The number of nitrogens with zero attached hydrogens (tertiary/aromatic N) is 1. The van der Waals surface area contributed by atoms with E-state index in [0.29, 0.717) is 16.1 Å². The largest absolute Gasteiger partial charge is 0.320 e. The number of non-ortho nitro benzene ring substituents is 1. The van der Waals surface area contributed by atoms with Crippen molar-refractivity contribution in [3.63, 3.8) is 0 Å². The van der Waals surface area contributed by atoms with Gasteiger partial charge in [-0.2, -0.15) is 0 Å². The van der Waals surface area contributed by atoms with Gasteiger partial charge in [0.1, 0.15) is 5.82 Å². The van der Waals surface area contributed by atoms with Crippen LogP contribution in [-0.4, -0.2) is 4.92 Å². The predicted octanol–water partition coefficient (Wildman–Crippen LogP) is 3.74. The monoisotopic (exact) mass is 294 g/mol. The molecule has 2 aromatic carbocycles. The highest BCUT2D eigenvalue weighted by atomic mass is 35.5. The molecule has 0 bridgehead atoms. The van der Waals surface area contributed by atoms with E-state index in [2.05, 4.69) is 0 Å². The number of nitro benzene ring substituents is 1. The topological polar surface area (TPSA) is 69.2 Å². The normalized spacial score (nSPS) is 12.2. The second kappa shape index (κ2) is 5.56. The summed E-state index contributed by atoms with van der Waals surface area (Å²) in [6.07, 6.45) is 0. The van der Waals surface area contributed by atoms with E-state index < -0.39 is 16.8 Å². The van der Waals surface area contributed by atoms with Gasteiger partial charge < -0.3 is 5.73 Å². The smallest absolute Gasteiger partial charge is 0.270 e. The molecule has 2 N–H and O–H groups in total. The van der Waals surface area contributed by atoms with Crippen molar-refractivity contribution in [1.29, 1.82) is 0 Å².